The number of methoxy groups -OCH3 is 1. The van der Waals surface area contributed by atoms with E-state index >= 15 is 0 Å². The molecule has 3 aromatic carbocycles. The van der Waals surface area contributed by atoms with Gasteiger partial charge in [-0.25, -0.2) is 0 Å². The van der Waals surface area contributed by atoms with Crippen molar-refractivity contribution in [1.82, 2.24) is 0 Å². The molecular formula is C26H24N4O3S. The van der Waals surface area contributed by atoms with Crippen LogP contribution in [0.2, 0.25) is 0 Å². The maximum Gasteiger partial charge on any atom is 0.247 e. The molecule has 0 aliphatic carbocycles. The van der Waals surface area contributed by atoms with Crippen LogP contribution in [-0.4, -0.2) is 35.6 Å². The Morgan fingerprint density at radius 2 is 1.85 bits per heavy atom. The van der Waals surface area contributed by atoms with Crippen molar-refractivity contribution in [3.05, 3.63) is 90.0 Å². The van der Waals surface area contributed by atoms with E-state index in [1.54, 1.807) is 37.6 Å². The standard InChI is InChI=1S/C26H24N4O3S/c1-18-11-13-19(14-12-18)17-27-29-26-30(21-8-4-3-5-9-21)25(32)23(34-26)16-24(31)28-20-7-6-10-22(15-20)33-2/h3-15,17,23H,16H2,1-2H3,(H,28,31). The minimum atomic E-state index is -0.612. The summed E-state index contributed by atoms with van der Waals surface area (Å²) >= 11 is 1.23. The van der Waals surface area contributed by atoms with Crippen LogP contribution in [0.3, 0.4) is 0 Å². The summed E-state index contributed by atoms with van der Waals surface area (Å²) in [5, 5.41) is 11.2. The number of aryl methyl sites for hydroxylation is 1. The van der Waals surface area contributed by atoms with E-state index in [1.165, 1.54) is 16.7 Å². The third-order valence-electron chi connectivity index (χ3n) is 5.10. The second-order valence-corrected chi connectivity index (χ2v) is 8.81. The summed E-state index contributed by atoms with van der Waals surface area (Å²) in [5.74, 6) is 0.165. The number of para-hydroxylation sites is 1. The van der Waals surface area contributed by atoms with Crippen LogP contribution in [0.5, 0.6) is 5.75 Å². The molecule has 8 heteroatoms. The summed E-state index contributed by atoms with van der Waals surface area (Å²) in [5.41, 5.74) is 3.35. The number of hydrogen-bond acceptors (Lipinski definition) is 6. The Kier molecular flexibility index (Phi) is 7.39. The predicted octanol–water partition coefficient (Wildman–Crippen LogP) is 4.87. The maximum absolute atomic E-state index is 13.2. The lowest BCUT2D eigenvalue weighted by atomic mass is 10.2. The minimum Gasteiger partial charge on any atom is -0.497 e. The highest BCUT2D eigenvalue weighted by atomic mass is 32.2. The number of thioether (sulfide) groups is 1. The minimum absolute atomic E-state index is 0.00470. The second kappa shape index (κ2) is 10.8. The fourth-order valence-corrected chi connectivity index (χ4v) is 4.45. The maximum atomic E-state index is 13.2. The van der Waals surface area contributed by atoms with E-state index in [0.29, 0.717) is 22.3 Å². The Hall–Kier alpha value is -3.91. The molecule has 7 nitrogen and oxygen atoms in total. The van der Waals surface area contributed by atoms with Crippen LogP contribution >= 0.6 is 11.8 Å². The normalized spacial score (nSPS) is 16.9. The van der Waals surface area contributed by atoms with E-state index in [9.17, 15) is 9.59 Å². The first-order valence-electron chi connectivity index (χ1n) is 10.7. The van der Waals surface area contributed by atoms with E-state index in [2.05, 4.69) is 15.5 Å². The molecule has 1 N–H and O–H groups in total. The highest BCUT2D eigenvalue weighted by Gasteiger charge is 2.40. The average molecular weight is 473 g/mol. The van der Waals surface area contributed by atoms with Crippen molar-refractivity contribution >= 4 is 46.3 Å². The van der Waals surface area contributed by atoms with Gasteiger partial charge in [-0.2, -0.15) is 5.10 Å². The molecule has 4 rings (SSSR count). The van der Waals surface area contributed by atoms with Crippen molar-refractivity contribution in [3.63, 3.8) is 0 Å². The first-order chi connectivity index (χ1) is 16.5. The summed E-state index contributed by atoms with van der Waals surface area (Å²) in [7, 11) is 1.56. The topological polar surface area (TPSA) is 83.4 Å². The zero-order valence-electron chi connectivity index (χ0n) is 18.8. The van der Waals surface area contributed by atoms with Crippen molar-refractivity contribution in [1.29, 1.82) is 0 Å². The number of nitrogens with zero attached hydrogens (tertiary/aromatic N) is 3. The number of hydrogen-bond donors (Lipinski definition) is 1. The lowest BCUT2D eigenvalue weighted by Crippen LogP contribution is -2.33. The van der Waals surface area contributed by atoms with Gasteiger partial charge in [0.1, 0.15) is 11.0 Å². The van der Waals surface area contributed by atoms with Gasteiger partial charge >= 0.3 is 0 Å². The number of carbonyl (C=O) groups is 2. The van der Waals surface area contributed by atoms with Gasteiger partial charge in [-0.3, -0.25) is 14.5 Å². The molecule has 0 spiro atoms. The van der Waals surface area contributed by atoms with Crippen LogP contribution < -0.4 is 15.0 Å². The summed E-state index contributed by atoms with van der Waals surface area (Å²) < 4.78 is 5.19. The van der Waals surface area contributed by atoms with E-state index in [4.69, 9.17) is 4.74 Å². The molecule has 1 atom stereocenters. The molecule has 0 radical (unpaired) electrons. The summed E-state index contributed by atoms with van der Waals surface area (Å²) in [6.07, 6.45) is 1.65. The van der Waals surface area contributed by atoms with Crippen molar-refractivity contribution < 1.29 is 14.3 Å². The van der Waals surface area contributed by atoms with E-state index in [1.807, 2.05) is 61.5 Å². The van der Waals surface area contributed by atoms with Gasteiger partial charge in [0, 0.05) is 18.2 Å². The number of carbonyl (C=O) groups excluding carboxylic acids is 2. The lowest BCUT2D eigenvalue weighted by molar-refractivity contribution is -0.121. The van der Waals surface area contributed by atoms with Crippen molar-refractivity contribution in [2.75, 3.05) is 17.3 Å². The molecule has 1 unspecified atom stereocenters. The molecule has 2 amide bonds. The number of ether oxygens (including phenoxy) is 1. The molecule has 1 fully saturated rings. The Labute approximate surface area is 202 Å². The molecule has 34 heavy (non-hydrogen) atoms. The number of amidine groups is 1. The van der Waals surface area contributed by atoms with Crippen LogP contribution in [0.4, 0.5) is 11.4 Å². The molecular weight excluding hydrogens is 448 g/mol. The van der Waals surface area contributed by atoms with Crippen molar-refractivity contribution in [2.24, 2.45) is 10.2 Å². The first-order valence-corrected chi connectivity index (χ1v) is 11.6. The second-order valence-electron chi connectivity index (χ2n) is 7.64. The SMILES string of the molecule is COc1cccc(NC(=O)CC2SC(=NN=Cc3ccc(C)cc3)N(c3ccccc3)C2=O)c1. The molecule has 172 valence electrons. The molecule has 0 aromatic heterocycles. The predicted molar refractivity (Wildman–Crippen MR) is 138 cm³/mol. The van der Waals surface area contributed by atoms with Gasteiger partial charge in [0.15, 0.2) is 5.17 Å². The van der Waals surface area contributed by atoms with E-state index in [0.717, 1.165) is 11.1 Å². The lowest BCUT2D eigenvalue weighted by Gasteiger charge is -2.15. The third kappa shape index (κ3) is 5.71. The highest BCUT2D eigenvalue weighted by Crippen LogP contribution is 2.34. The third-order valence-corrected chi connectivity index (χ3v) is 6.23. The Bertz CT molecular complexity index is 1230. The van der Waals surface area contributed by atoms with Crippen LogP contribution in [-0.2, 0) is 9.59 Å². The molecule has 1 aliphatic heterocycles. The van der Waals surface area contributed by atoms with Gasteiger partial charge in [0.25, 0.3) is 0 Å². The van der Waals surface area contributed by atoms with Crippen LogP contribution in [0.15, 0.2) is 89.1 Å². The zero-order valence-corrected chi connectivity index (χ0v) is 19.7. The highest BCUT2D eigenvalue weighted by molar-refractivity contribution is 8.16. The van der Waals surface area contributed by atoms with Crippen LogP contribution in [0.1, 0.15) is 17.5 Å². The van der Waals surface area contributed by atoms with Gasteiger partial charge in [-0.15, -0.1) is 5.10 Å². The Morgan fingerprint density at radius 3 is 2.59 bits per heavy atom. The summed E-state index contributed by atoms with van der Waals surface area (Å²) in [6.45, 7) is 2.02. The molecule has 1 heterocycles. The Morgan fingerprint density at radius 1 is 1.09 bits per heavy atom. The number of benzene rings is 3. The van der Waals surface area contributed by atoms with Gasteiger partial charge in [0.05, 0.1) is 19.0 Å². The number of nitrogens with one attached hydrogen (secondary N) is 1. The van der Waals surface area contributed by atoms with Crippen molar-refractivity contribution in [2.45, 2.75) is 18.6 Å². The number of rotatable bonds is 7. The smallest absolute Gasteiger partial charge is 0.247 e. The largest absolute Gasteiger partial charge is 0.497 e. The number of anilines is 2. The quantitative estimate of drug-likeness (QED) is 0.393. The van der Waals surface area contributed by atoms with E-state index in [-0.39, 0.29) is 18.2 Å². The number of amides is 2. The van der Waals surface area contributed by atoms with Gasteiger partial charge in [-0.1, -0.05) is 65.9 Å². The molecule has 0 bridgehead atoms. The average Bonchev–Trinajstić information content (AvgIpc) is 3.15. The van der Waals surface area contributed by atoms with Crippen molar-refractivity contribution in [3.8, 4) is 5.75 Å². The summed E-state index contributed by atoms with van der Waals surface area (Å²) in [4.78, 5) is 27.4. The summed E-state index contributed by atoms with van der Waals surface area (Å²) in [6, 6.07) is 24.2. The molecule has 3 aromatic rings. The first kappa shape index (κ1) is 23.3. The van der Waals surface area contributed by atoms with E-state index < -0.39 is 5.25 Å². The zero-order chi connectivity index (χ0) is 23.9. The van der Waals surface area contributed by atoms with Crippen LogP contribution in [0, 0.1) is 6.92 Å². The van der Waals surface area contributed by atoms with Gasteiger partial charge < -0.3 is 10.1 Å². The molecule has 0 saturated carbocycles. The van der Waals surface area contributed by atoms with Gasteiger partial charge in [-0.05, 0) is 36.8 Å². The fourth-order valence-electron chi connectivity index (χ4n) is 3.36. The van der Waals surface area contributed by atoms with Crippen LogP contribution in [0.25, 0.3) is 0 Å². The molecule has 1 aliphatic rings. The molecule has 1 saturated heterocycles. The fraction of sp³-hybridized carbons (Fsp3) is 0.154. The Balaban J connectivity index is 1.52. The monoisotopic (exact) mass is 472 g/mol. The van der Waals surface area contributed by atoms with Gasteiger partial charge in [0.2, 0.25) is 11.8 Å².